The van der Waals surface area contributed by atoms with Crippen LogP contribution < -0.4 is 41.8 Å². The fraction of sp³-hybridized carbons (Fsp3) is 0.277. The Hall–Kier alpha value is -10.8. The zero-order valence-electron chi connectivity index (χ0n) is 50.4. The molecular weight excluding hydrogens is 1120 g/mol. The second-order valence-electron chi connectivity index (χ2n) is 21.5. The Balaban J connectivity index is 0.000000240. The maximum atomic E-state index is 12.3. The van der Waals surface area contributed by atoms with Crippen molar-refractivity contribution in [2.24, 2.45) is 5.73 Å². The van der Waals surface area contributed by atoms with Gasteiger partial charge in [0.25, 0.3) is 11.4 Å². The Morgan fingerprint density at radius 2 is 1.02 bits per heavy atom. The van der Waals surface area contributed by atoms with Crippen molar-refractivity contribution in [1.29, 1.82) is 0 Å². The van der Waals surface area contributed by atoms with E-state index in [1.165, 1.54) is 18.3 Å². The summed E-state index contributed by atoms with van der Waals surface area (Å²) in [6.45, 7) is 27.9. The van der Waals surface area contributed by atoms with Gasteiger partial charge in [-0.2, -0.15) is 9.97 Å². The molecule has 4 aromatic heterocycles. The van der Waals surface area contributed by atoms with Crippen LogP contribution in [0, 0.1) is 13.1 Å². The van der Waals surface area contributed by atoms with Gasteiger partial charge in [0.05, 0.1) is 48.7 Å². The van der Waals surface area contributed by atoms with Crippen LogP contribution in [-0.4, -0.2) is 105 Å². The van der Waals surface area contributed by atoms with E-state index in [4.69, 9.17) is 59.1 Å². The van der Waals surface area contributed by atoms with Crippen molar-refractivity contribution in [3.8, 4) is 12.0 Å². The molecule has 23 heteroatoms. The molecule has 0 aliphatic rings. The standard InChI is InChI=1S/C33H35N7O5.C20H23N3O3.C12H14N4O/c1-33(2,3)45-30(41)28(35-4)19-25-11-10-24-18-26(12-13-27(24)38-25)40(5)16-17-43-32(42)37-20-22-6-8-23(9-7-22)21-44-31-36-15-14-29(34)39-31;1-20(2,3)26-19(25)18(21-4)13-15-7-6-14-12-16(23(5)10-11-24)8-9-17(14)22-15;13-7-9-1-3-10(4-2-9)8-17-12-15-6-5-11(14)16-12/h6-15,18-19H,16-17,20-21H2,1-3,5H3,(H,37,42)(H2,34,36,39);6-9,12-13,24H,10-11H2,1-3,5H3;1-6H,7-8,13H2,(H2,14,15,16)/b28-19-;18-13-;. The highest BCUT2D eigenvalue weighted by Crippen LogP contribution is 2.25. The molecule has 8 rings (SSSR count). The third-order valence-electron chi connectivity index (χ3n) is 12.2. The lowest BCUT2D eigenvalue weighted by atomic mass is 10.1. The van der Waals surface area contributed by atoms with Gasteiger partial charge in [-0.3, -0.25) is 9.59 Å². The van der Waals surface area contributed by atoms with E-state index in [1.807, 2.05) is 121 Å². The number of carbonyl (C=O) groups excluding carboxylic acids is 3. The number of nitrogens with one attached hydrogen (secondary N) is 1. The van der Waals surface area contributed by atoms with Crippen LogP contribution in [0.25, 0.3) is 43.6 Å². The van der Waals surface area contributed by atoms with Crippen LogP contribution in [0.4, 0.5) is 27.8 Å². The largest absolute Gasteiger partial charge is 0.465 e. The lowest BCUT2D eigenvalue weighted by Gasteiger charge is -2.20. The molecule has 0 aliphatic heterocycles. The summed E-state index contributed by atoms with van der Waals surface area (Å²) in [7, 11) is 3.81. The van der Waals surface area contributed by atoms with Gasteiger partial charge in [-0.05, 0) is 137 Å². The zero-order valence-corrected chi connectivity index (χ0v) is 50.4. The van der Waals surface area contributed by atoms with Crippen molar-refractivity contribution in [3.63, 3.8) is 0 Å². The number of likely N-dealkylation sites (N-methyl/N-ethyl adjacent to an activating group) is 2. The Bertz CT molecular complexity index is 3820. The van der Waals surface area contributed by atoms with Gasteiger partial charge in [-0.1, -0.05) is 60.7 Å². The maximum absolute atomic E-state index is 12.3. The number of aliphatic hydroxyl groups is 1. The van der Waals surface area contributed by atoms with Crippen molar-refractivity contribution in [3.05, 3.63) is 202 Å². The number of benzene rings is 4. The first-order chi connectivity index (χ1) is 42.0. The van der Waals surface area contributed by atoms with E-state index < -0.39 is 29.2 Å². The number of amides is 1. The SMILES string of the molecule is NCc1ccc(COc2nccc(N)n2)cc1.[C-]#[N+]/C(=C\c1ccc2cc(N(C)CCO)ccc2n1)C(=O)OC(C)(C)C.[C-]#[N+]/C(=C\c1ccc2cc(N(C)CCOC(=O)NCc3ccc(COc4nccc(N)n4)cc3)ccc2n1)C(=O)OC(C)(C)C. The number of aliphatic hydroxyl groups excluding tert-OH is 1. The fourth-order valence-electron chi connectivity index (χ4n) is 7.68. The Morgan fingerprint density at radius 3 is 1.43 bits per heavy atom. The minimum Gasteiger partial charge on any atom is -0.465 e. The molecule has 8 N–H and O–H groups in total. The number of hydrogen-bond acceptors (Lipinski definition) is 20. The number of alkyl carbamates (subject to hydrolysis) is 1. The quantitative estimate of drug-likeness (QED) is 0.0205. The van der Waals surface area contributed by atoms with Crippen LogP contribution >= 0.6 is 0 Å². The molecule has 0 saturated carbocycles. The summed E-state index contributed by atoms with van der Waals surface area (Å²) in [5, 5.41) is 13.6. The maximum Gasteiger partial charge on any atom is 0.407 e. The second-order valence-corrected chi connectivity index (χ2v) is 21.5. The van der Waals surface area contributed by atoms with Crippen LogP contribution in [0.2, 0.25) is 0 Å². The van der Waals surface area contributed by atoms with Crippen LogP contribution in [0.5, 0.6) is 12.0 Å². The minimum absolute atomic E-state index is 0.0839. The summed E-state index contributed by atoms with van der Waals surface area (Å²) in [6, 6.07) is 37.9. The van der Waals surface area contributed by atoms with E-state index >= 15 is 0 Å². The molecule has 0 unspecified atom stereocenters. The number of rotatable bonds is 20. The van der Waals surface area contributed by atoms with E-state index in [2.05, 4.69) is 44.9 Å². The van der Waals surface area contributed by atoms with E-state index in [0.717, 1.165) is 49.9 Å². The first kappa shape index (κ1) is 66.4. The van der Waals surface area contributed by atoms with E-state index in [-0.39, 0.29) is 36.6 Å². The number of aromatic nitrogens is 6. The molecule has 8 aromatic rings. The summed E-state index contributed by atoms with van der Waals surface area (Å²) in [5.41, 5.74) is 23.4. The molecule has 0 fully saturated rings. The van der Waals surface area contributed by atoms with Crippen molar-refractivity contribution >= 4 is 75.0 Å². The van der Waals surface area contributed by atoms with Crippen LogP contribution in [-0.2, 0) is 50.1 Å². The van der Waals surface area contributed by atoms with Crippen molar-refractivity contribution < 1.29 is 43.2 Å². The number of hydrogen-bond donors (Lipinski definition) is 5. The van der Waals surface area contributed by atoms with Gasteiger partial charge in [0.1, 0.15) is 42.7 Å². The van der Waals surface area contributed by atoms with E-state index in [1.54, 1.807) is 72.0 Å². The molecule has 1 amide bonds. The number of pyridine rings is 2. The fourth-order valence-corrected chi connectivity index (χ4v) is 7.68. The first-order valence-corrected chi connectivity index (χ1v) is 27.7. The van der Waals surface area contributed by atoms with Crippen LogP contribution in [0.15, 0.2) is 145 Å². The van der Waals surface area contributed by atoms with Crippen LogP contribution in [0.1, 0.15) is 75.2 Å². The lowest BCUT2D eigenvalue weighted by Crippen LogP contribution is -2.28. The zero-order chi connectivity index (χ0) is 63.8. The number of ether oxygens (including phenoxy) is 5. The van der Waals surface area contributed by atoms with Crippen molar-refractivity contribution in [2.75, 3.05) is 61.7 Å². The molecular formula is C65H72N14O9. The number of anilines is 4. The van der Waals surface area contributed by atoms with E-state index in [9.17, 15) is 14.4 Å². The molecule has 23 nitrogen and oxygen atoms in total. The van der Waals surface area contributed by atoms with Gasteiger partial charge < -0.3 is 61.1 Å². The summed E-state index contributed by atoms with van der Waals surface area (Å²) < 4.78 is 26.9. The van der Waals surface area contributed by atoms with Gasteiger partial charge >= 0.3 is 30.1 Å². The van der Waals surface area contributed by atoms with Crippen LogP contribution in [0.3, 0.4) is 0 Å². The monoisotopic (exact) mass is 1190 g/mol. The molecule has 88 heavy (non-hydrogen) atoms. The third-order valence-corrected chi connectivity index (χ3v) is 12.2. The number of nitrogens with two attached hydrogens (primary N) is 3. The molecule has 0 radical (unpaired) electrons. The molecule has 0 spiro atoms. The number of esters is 2. The lowest BCUT2D eigenvalue weighted by molar-refractivity contribution is -0.150. The Labute approximate surface area is 511 Å². The Morgan fingerprint density at radius 1 is 0.591 bits per heavy atom. The summed E-state index contributed by atoms with van der Waals surface area (Å²) in [4.78, 5) is 72.1. The summed E-state index contributed by atoms with van der Waals surface area (Å²) >= 11 is 0. The molecule has 0 atom stereocenters. The average Bonchev–Trinajstić information content (AvgIpc) is 3.18. The predicted octanol–water partition coefficient (Wildman–Crippen LogP) is 9.51. The molecule has 0 aliphatic carbocycles. The second kappa shape index (κ2) is 31.9. The third kappa shape index (κ3) is 22.0. The number of carbonyl (C=O) groups is 3. The highest BCUT2D eigenvalue weighted by Gasteiger charge is 2.22. The van der Waals surface area contributed by atoms with Gasteiger partial charge in [0, 0.05) is 68.3 Å². The molecule has 0 bridgehead atoms. The Kier molecular flexibility index (Phi) is 24.1. The minimum atomic E-state index is -0.699. The number of nitrogen functional groups attached to an aromatic ring is 2. The van der Waals surface area contributed by atoms with Gasteiger partial charge in [-0.15, -0.1) is 0 Å². The highest BCUT2D eigenvalue weighted by atomic mass is 16.6. The highest BCUT2D eigenvalue weighted by molar-refractivity contribution is 5.97. The van der Waals surface area contributed by atoms with Gasteiger partial charge in [0.2, 0.25) is 0 Å². The summed E-state index contributed by atoms with van der Waals surface area (Å²) in [6.07, 6.45) is 5.45. The first-order valence-electron chi connectivity index (χ1n) is 27.7. The molecule has 4 aromatic carbocycles. The molecule has 0 saturated heterocycles. The topological polar surface area (TPSA) is 300 Å². The molecule has 456 valence electrons. The molecule has 4 heterocycles. The average molecular weight is 1190 g/mol. The summed E-state index contributed by atoms with van der Waals surface area (Å²) in [5.74, 6) is -0.606. The number of fused-ring (bicyclic) bond motifs is 2. The number of nitrogens with zero attached hydrogens (tertiary/aromatic N) is 10. The van der Waals surface area contributed by atoms with Crippen molar-refractivity contribution in [2.45, 2.75) is 79.0 Å². The van der Waals surface area contributed by atoms with Gasteiger partial charge in [-0.25, -0.2) is 34.4 Å². The normalized spacial score (nSPS) is 11.3. The predicted molar refractivity (Wildman–Crippen MR) is 338 cm³/mol. The van der Waals surface area contributed by atoms with Gasteiger partial charge in [0.15, 0.2) is 0 Å². The smallest absolute Gasteiger partial charge is 0.407 e. The van der Waals surface area contributed by atoms with Crippen molar-refractivity contribution in [1.82, 2.24) is 35.2 Å². The van der Waals surface area contributed by atoms with E-state index in [0.29, 0.717) is 67.9 Å².